The summed E-state index contributed by atoms with van der Waals surface area (Å²) in [5.74, 6) is -0.257. The number of benzene rings is 1. The molecule has 1 aromatic rings. The van der Waals surface area contributed by atoms with Crippen molar-refractivity contribution in [3.05, 3.63) is 29.8 Å². The van der Waals surface area contributed by atoms with E-state index in [2.05, 4.69) is 5.32 Å². The van der Waals surface area contributed by atoms with Crippen LogP contribution in [0.2, 0.25) is 0 Å². The van der Waals surface area contributed by atoms with Gasteiger partial charge in [0.25, 0.3) is 0 Å². The minimum atomic E-state index is -0.430. The number of amides is 2. The van der Waals surface area contributed by atoms with Crippen molar-refractivity contribution in [2.75, 3.05) is 32.5 Å². The molecule has 0 saturated carbocycles. The molecule has 6 heteroatoms. The second-order valence-electron chi connectivity index (χ2n) is 5.82. The van der Waals surface area contributed by atoms with Crippen LogP contribution in [-0.4, -0.2) is 54.8 Å². The fourth-order valence-corrected chi connectivity index (χ4v) is 2.34. The maximum atomic E-state index is 12.3. The lowest BCUT2D eigenvalue weighted by atomic mass is 10.1. The summed E-state index contributed by atoms with van der Waals surface area (Å²) in [4.78, 5) is 27.7. The zero-order valence-electron chi connectivity index (χ0n) is 14.9. The van der Waals surface area contributed by atoms with E-state index in [0.29, 0.717) is 13.0 Å². The summed E-state index contributed by atoms with van der Waals surface area (Å²) >= 11 is 0. The molecule has 0 aromatic heterocycles. The molecule has 2 amide bonds. The zero-order valence-corrected chi connectivity index (χ0v) is 14.9. The van der Waals surface area contributed by atoms with Gasteiger partial charge in [0.15, 0.2) is 0 Å². The maximum Gasteiger partial charge on any atom is 0.239 e. The molecule has 1 unspecified atom stereocenters. The van der Waals surface area contributed by atoms with Crippen molar-refractivity contribution in [1.29, 1.82) is 5.26 Å². The van der Waals surface area contributed by atoms with Crippen LogP contribution in [0.5, 0.6) is 0 Å². The molecule has 6 nitrogen and oxygen atoms in total. The van der Waals surface area contributed by atoms with Crippen LogP contribution in [-0.2, 0) is 16.0 Å². The average molecular weight is 330 g/mol. The highest BCUT2D eigenvalue weighted by Crippen LogP contribution is 2.15. The first-order chi connectivity index (χ1) is 11.4. The SMILES string of the molecule is CCc1ccccc1NC(=O)CN(C)C(C)C(=O)N(C)CCC#N. The van der Waals surface area contributed by atoms with Gasteiger partial charge in [0.2, 0.25) is 11.8 Å². The maximum absolute atomic E-state index is 12.3. The van der Waals surface area contributed by atoms with Crippen LogP contribution < -0.4 is 5.32 Å². The van der Waals surface area contributed by atoms with Crippen LogP contribution in [0.15, 0.2) is 24.3 Å². The third-order valence-electron chi connectivity index (χ3n) is 4.02. The van der Waals surface area contributed by atoms with Crippen molar-refractivity contribution < 1.29 is 9.59 Å². The van der Waals surface area contributed by atoms with E-state index in [1.165, 1.54) is 4.90 Å². The van der Waals surface area contributed by atoms with Crippen molar-refractivity contribution in [2.45, 2.75) is 32.7 Å². The number of nitriles is 1. The molecule has 1 atom stereocenters. The summed E-state index contributed by atoms with van der Waals surface area (Å²) in [7, 11) is 3.41. The molecule has 130 valence electrons. The molecule has 0 aliphatic heterocycles. The monoisotopic (exact) mass is 330 g/mol. The molecular formula is C18H26N4O2. The van der Waals surface area contributed by atoms with E-state index >= 15 is 0 Å². The first kappa shape index (κ1) is 19.7. The van der Waals surface area contributed by atoms with Gasteiger partial charge in [-0.3, -0.25) is 14.5 Å². The van der Waals surface area contributed by atoms with Crippen LogP contribution in [0.1, 0.15) is 25.8 Å². The Morgan fingerprint density at radius 1 is 1.29 bits per heavy atom. The van der Waals surface area contributed by atoms with Crippen molar-refractivity contribution in [3.8, 4) is 6.07 Å². The second-order valence-corrected chi connectivity index (χ2v) is 5.82. The van der Waals surface area contributed by atoms with Gasteiger partial charge in [0.05, 0.1) is 25.1 Å². The Labute approximate surface area is 144 Å². The van der Waals surface area contributed by atoms with Gasteiger partial charge in [-0.1, -0.05) is 25.1 Å². The predicted octanol–water partition coefficient (Wildman–Crippen LogP) is 1.88. The highest BCUT2D eigenvalue weighted by Gasteiger charge is 2.23. The number of carbonyl (C=O) groups excluding carboxylic acids is 2. The second kappa shape index (κ2) is 9.68. The van der Waals surface area contributed by atoms with Gasteiger partial charge in [0.1, 0.15) is 0 Å². The third kappa shape index (κ3) is 5.67. The highest BCUT2D eigenvalue weighted by atomic mass is 16.2. The van der Waals surface area contributed by atoms with E-state index in [1.54, 1.807) is 25.9 Å². The largest absolute Gasteiger partial charge is 0.343 e. The number of likely N-dealkylation sites (N-methyl/N-ethyl adjacent to an activating group) is 2. The number of aryl methyl sites for hydroxylation is 1. The quantitative estimate of drug-likeness (QED) is 0.789. The Hall–Kier alpha value is -2.39. The third-order valence-corrected chi connectivity index (χ3v) is 4.02. The standard InChI is InChI=1S/C18H26N4O2/c1-5-15-9-6-7-10-16(15)20-17(23)13-22(4)14(2)18(24)21(3)12-8-11-19/h6-7,9-10,14H,5,8,12-13H2,1-4H3,(H,20,23). The summed E-state index contributed by atoms with van der Waals surface area (Å²) in [6.07, 6.45) is 1.14. The van der Waals surface area contributed by atoms with Crippen LogP contribution in [0.25, 0.3) is 0 Å². The average Bonchev–Trinajstić information content (AvgIpc) is 2.58. The van der Waals surface area contributed by atoms with Gasteiger partial charge in [-0.25, -0.2) is 0 Å². The van der Waals surface area contributed by atoms with Crippen LogP contribution in [0, 0.1) is 11.3 Å². The summed E-state index contributed by atoms with van der Waals surface area (Å²) in [5.41, 5.74) is 1.89. The van der Waals surface area contributed by atoms with Crippen molar-refractivity contribution in [1.82, 2.24) is 9.80 Å². The fraction of sp³-hybridized carbons (Fsp3) is 0.500. The Kier molecular flexibility index (Phi) is 7.93. The molecular weight excluding hydrogens is 304 g/mol. The number of anilines is 1. The summed E-state index contributed by atoms with van der Waals surface area (Å²) in [6, 6.07) is 9.27. The molecule has 0 saturated heterocycles. The molecule has 24 heavy (non-hydrogen) atoms. The molecule has 1 N–H and O–H groups in total. The first-order valence-corrected chi connectivity index (χ1v) is 8.10. The zero-order chi connectivity index (χ0) is 18.1. The van der Waals surface area contributed by atoms with Gasteiger partial charge >= 0.3 is 0 Å². The number of nitrogens with one attached hydrogen (secondary N) is 1. The molecule has 0 aliphatic carbocycles. The number of rotatable bonds is 8. The summed E-state index contributed by atoms with van der Waals surface area (Å²) in [6.45, 7) is 4.31. The minimum Gasteiger partial charge on any atom is -0.343 e. The van der Waals surface area contributed by atoms with Crippen molar-refractivity contribution in [3.63, 3.8) is 0 Å². The minimum absolute atomic E-state index is 0.102. The van der Waals surface area contributed by atoms with Crippen LogP contribution >= 0.6 is 0 Å². The molecule has 1 aromatic carbocycles. The normalized spacial score (nSPS) is 11.7. The van der Waals surface area contributed by atoms with Gasteiger partial charge in [-0.2, -0.15) is 5.26 Å². The number of hydrogen-bond acceptors (Lipinski definition) is 4. The Morgan fingerprint density at radius 3 is 2.58 bits per heavy atom. The lowest BCUT2D eigenvalue weighted by Gasteiger charge is -2.27. The van der Waals surface area contributed by atoms with E-state index < -0.39 is 6.04 Å². The topological polar surface area (TPSA) is 76.4 Å². The van der Waals surface area contributed by atoms with E-state index in [-0.39, 0.29) is 18.4 Å². The predicted molar refractivity (Wildman–Crippen MR) is 94.4 cm³/mol. The lowest BCUT2D eigenvalue weighted by molar-refractivity contribution is -0.135. The molecule has 0 fully saturated rings. The lowest BCUT2D eigenvalue weighted by Crippen LogP contribution is -2.46. The fourth-order valence-electron chi connectivity index (χ4n) is 2.34. The van der Waals surface area contributed by atoms with Crippen molar-refractivity contribution in [2.24, 2.45) is 0 Å². The van der Waals surface area contributed by atoms with Gasteiger partial charge < -0.3 is 10.2 Å². The smallest absolute Gasteiger partial charge is 0.239 e. The number of carbonyl (C=O) groups is 2. The summed E-state index contributed by atoms with van der Waals surface area (Å²) < 4.78 is 0. The molecule has 0 radical (unpaired) electrons. The highest BCUT2D eigenvalue weighted by molar-refractivity contribution is 5.93. The summed E-state index contributed by atoms with van der Waals surface area (Å²) in [5, 5.41) is 11.5. The molecule has 0 aliphatic rings. The van der Waals surface area contributed by atoms with E-state index in [1.807, 2.05) is 37.3 Å². The Balaban J connectivity index is 2.59. The van der Waals surface area contributed by atoms with Gasteiger partial charge in [0, 0.05) is 19.3 Å². The molecule has 0 spiro atoms. The number of nitrogens with zero attached hydrogens (tertiary/aromatic N) is 3. The van der Waals surface area contributed by atoms with E-state index in [4.69, 9.17) is 5.26 Å². The van der Waals surface area contributed by atoms with Gasteiger partial charge in [-0.05, 0) is 32.0 Å². The molecule has 1 rings (SSSR count). The number of hydrogen-bond donors (Lipinski definition) is 1. The van der Waals surface area contributed by atoms with E-state index in [9.17, 15) is 9.59 Å². The van der Waals surface area contributed by atoms with E-state index in [0.717, 1.165) is 17.7 Å². The number of para-hydroxylation sites is 1. The molecule has 0 bridgehead atoms. The van der Waals surface area contributed by atoms with Gasteiger partial charge in [-0.15, -0.1) is 0 Å². The Bertz CT molecular complexity index is 609. The first-order valence-electron chi connectivity index (χ1n) is 8.10. The Morgan fingerprint density at radius 2 is 1.96 bits per heavy atom. The van der Waals surface area contributed by atoms with Crippen LogP contribution in [0.3, 0.4) is 0 Å². The van der Waals surface area contributed by atoms with Crippen molar-refractivity contribution >= 4 is 17.5 Å². The molecule has 0 heterocycles. The van der Waals surface area contributed by atoms with Crippen LogP contribution in [0.4, 0.5) is 5.69 Å².